The number of halogens is 3. The minimum atomic E-state index is -4.59. The van der Waals surface area contributed by atoms with Gasteiger partial charge in [-0.2, -0.15) is 18.2 Å². The number of anilines is 1. The number of hydrogen-bond acceptors (Lipinski definition) is 4. The zero-order chi connectivity index (χ0) is 14.5. The van der Waals surface area contributed by atoms with Crippen LogP contribution in [0.2, 0.25) is 0 Å². The van der Waals surface area contributed by atoms with Gasteiger partial charge in [0.2, 0.25) is 11.7 Å². The Morgan fingerprint density at radius 1 is 1.32 bits per heavy atom. The van der Waals surface area contributed by atoms with Crippen LogP contribution in [0.5, 0.6) is 5.88 Å². The zero-order valence-electron chi connectivity index (χ0n) is 11.2. The minimum Gasteiger partial charge on any atom is -0.475 e. The lowest BCUT2D eigenvalue weighted by atomic mass is 10.2. The van der Waals surface area contributed by atoms with Crippen LogP contribution in [0.3, 0.4) is 0 Å². The molecule has 1 unspecified atom stereocenters. The Labute approximate surface area is 110 Å². The fraction of sp³-hybridized carbons (Fsp3) is 0.667. The van der Waals surface area contributed by atoms with E-state index in [1.807, 2.05) is 6.92 Å². The van der Waals surface area contributed by atoms with Crippen LogP contribution in [0.25, 0.3) is 0 Å². The third-order valence-electron chi connectivity index (χ3n) is 2.33. The van der Waals surface area contributed by atoms with E-state index in [1.165, 1.54) is 6.07 Å². The molecule has 1 N–H and O–H groups in total. The molecule has 0 aliphatic rings. The van der Waals surface area contributed by atoms with E-state index in [0.29, 0.717) is 6.54 Å². The third kappa shape index (κ3) is 4.92. The molecule has 0 saturated heterocycles. The van der Waals surface area contributed by atoms with Gasteiger partial charge in [0.1, 0.15) is 5.82 Å². The van der Waals surface area contributed by atoms with Gasteiger partial charge in [-0.05, 0) is 20.3 Å². The lowest BCUT2D eigenvalue weighted by molar-refractivity contribution is -0.145. The molecule has 1 aromatic rings. The summed E-state index contributed by atoms with van der Waals surface area (Å²) < 4.78 is 43.4. The Morgan fingerprint density at radius 2 is 2.00 bits per heavy atom. The predicted octanol–water partition coefficient (Wildman–Crippen LogP) is 3.49. The fourth-order valence-electron chi connectivity index (χ4n) is 1.56. The quantitative estimate of drug-likeness (QED) is 0.864. The van der Waals surface area contributed by atoms with Gasteiger partial charge in [-0.3, -0.25) is 0 Å². The van der Waals surface area contributed by atoms with Crippen LogP contribution in [0.4, 0.5) is 19.0 Å². The second kappa shape index (κ2) is 6.58. The average molecular weight is 277 g/mol. The topological polar surface area (TPSA) is 47.0 Å². The van der Waals surface area contributed by atoms with Gasteiger partial charge in [0, 0.05) is 12.6 Å². The van der Waals surface area contributed by atoms with E-state index in [-0.39, 0.29) is 17.8 Å². The minimum absolute atomic E-state index is 0.0563. The summed E-state index contributed by atoms with van der Waals surface area (Å²) in [5.41, 5.74) is 0. The molecule has 108 valence electrons. The van der Waals surface area contributed by atoms with Crippen LogP contribution in [-0.4, -0.2) is 22.6 Å². The van der Waals surface area contributed by atoms with Crippen molar-refractivity contribution in [1.29, 1.82) is 0 Å². The van der Waals surface area contributed by atoms with Crippen molar-refractivity contribution in [2.75, 3.05) is 11.9 Å². The molecule has 0 aliphatic carbocycles. The molecule has 0 aliphatic heterocycles. The van der Waals surface area contributed by atoms with E-state index in [1.54, 1.807) is 13.8 Å². The van der Waals surface area contributed by atoms with Crippen molar-refractivity contribution in [3.05, 3.63) is 11.9 Å². The Balaban J connectivity index is 2.99. The highest BCUT2D eigenvalue weighted by atomic mass is 19.4. The highest BCUT2D eigenvalue weighted by molar-refractivity contribution is 5.38. The fourth-order valence-corrected chi connectivity index (χ4v) is 1.56. The van der Waals surface area contributed by atoms with Crippen molar-refractivity contribution in [2.24, 2.45) is 0 Å². The number of nitrogens with one attached hydrogen (secondary N) is 1. The first-order chi connectivity index (χ1) is 8.86. The molecule has 0 bridgehead atoms. The SMILES string of the molecule is CCCC(C)Oc1cc(NCC)nc(C(F)(F)F)n1. The van der Waals surface area contributed by atoms with Crippen molar-refractivity contribution in [3.8, 4) is 5.88 Å². The van der Waals surface area contributed by atoms with Crippen LogP contribution < -0.4 is 10.1 Å². The third-order valence-corrected chi connectivity index (χ3v) is 2.33. The summed E-state index contributed by atoms with van der Waals surface area (Å²) in [5.74, 6) is -1.13. The molecule has 1 heterocycles. The number of rotatable bonds is 6. The van der Waals surface area contributed by atoms with Gasteiger partial charge in [-0.25, -0.2) is 4.98 Å². The highest BCUT2D eigenvalue weighted by Gasteiger charge is 2.35. The van der Waals surface area contributed by atoms with E-state index < -0.39 is 12.0 Å². The van der Waals surface area contributed by atoms with E-state index >= 15 is 0 Å². The van der Waals surface area contributed by atoms with Crippen molar-refractivity contribution in [3.63, 3.8) is 0 Å². The number of nitrogens with zero attached hydrogens (tertiary/aromatic N) is 2. The van der Waals surface area contributed by atoms with Crippen molar-refractivity contribution < 1.29 is 17.9 Å². The summed E-state index contributed by atoms with van der Waals surface area (Å²) in [5, 5.41) is 2.73. The molecule has 1 aromatic heterocycles. The van der Waals surface area contributed by atoms with Crippen LogP contribution in [0.1, 0.15) is 39.4 Å². The number of hydrogen-bond donors (Lipinski definition) is 1. The second-order valence-electron chi connectivity index (χ2n) is 4.16. The molecular weight excluding hydrogens is 259 g/mol. The molecule has 1 rings (SSSR count). The molecular formula is C12H18F3N3O. The van der Waals surface area contributed by atoms with E-state index in [0.717, 1.165) is 12.8 Å². The molecule has 19 heavy (non-hydrogen) atoms. The summed E-state index contributed by atoms with van der Waals surface area (Å²) in [4.78, 5) is 6.83. The van der Waals surface area contributed by atoms with Gasteiger partial charge < -0.3 is 10.1 Å². The molecule has 7 heteroatoms. The summed E-state index contributed by atoms with van der Waals surface area (Å²) in [6.45, 7) is 6.02. The van der Waals surface area contributed by atoms with Crippen molar-refractivity contribution >= 4 is 5.82 Å². The molecule has 0 fully saturated rings. The van der Waals surface area contributed by atoms with Crippen LogP contribution in [-0.2, 0) is 6.18 Å². The van der Waals surface area contributed by atoms with Gasteiger partial charge >= 0.3 is 6.18 Å². The maximum Gasteiger partial charge on any atom is 0.451 e. The van der Waals surface area contributed by atoms with E-state index in [4.69, 9.17) is 4.74 Å². The number of ether oxygens (including phenoxy) is 1. The highest BCUT2D eigenvalue weighted by Crippen LogP contribution is 2.29. The molecule has 0 spiro atoms. The lowest BCUT2D eigenvalue weighted by Gasteiger charge is -2.15. The Morgan fingerprint density at radius 3 is 2.53 bits per heavy atom. The first kappa shape index (κ1) is 15.5. The Bertz CT molecular complexity index is 410. The van der Waals surface area contributed by atoms with Crippen LogP contribution in [0.15, 0.2) is 6.07 Å². The first-order valence-electron chi connectivity index (χ1n) is 6.23. The summed E-state index contributed by atoms with van der Waals surface area (Å²) in [6, 6.07) is 1.38. The molecule has 4 nitrogen and oxygen atoms in total. The largest absolute Gasteiger partial charge is 0.475 e. The summed E-state index contributed by atoms with van der Waals surface area (Å²) >= 11 is 0. The van der Waals surface area contributed by atoms with Crippen molar-refractivity contribution in [1.82, 2.24) is 9.97 Å². The van der Waals surface area contributed by atoms with Gasteiger partial charge in [0.05, 0.1) is 6.10 Å². The molecule has 0 radical (unpaired) electrons. The van der Waals surface area contributed by atoms with Gasteiger partial charge in [-0.1, -0.05) is 13.3 Å². The summed E-state index contributed by atoms with van der Waals surface area (Å²) in [7, 11) is 0. The normalized spacial score (nSPS) is 13.2. The molecule has 0 saturated carbocycles. The van der Waals surface area contributed by atoms with Gasteiger partial charge in [0.15, 0.2) is 0 Å². The monoisotopic (exact) mass is 277 g/mol. The smallest absolute Gasteiger partial charge is 0.451 e. The molecule has 0 amide bonds. The lowest BCUT2D eigenvalue weighted by Crippen LogP contribution is -2.17. The van der Waals surface area contributed by atoms with Crippen LogP contribution >= 0.6 is 0 Å². The summed E-state index contributed by atoms with van der Waals surface area (Å²) in [6.07, 6.45) is -3.13. The van der Waals surface area contributed by atoms with Gasteiger partial charge in [-0.15, -0.1) is 0 Å². The average Bonchev–Trinajstić information content (AvgIpc) is 2.28. The zero-order valence-corrected chi connectivity index (χ0v) is 11.2. The van der Waals surface area contributed by atoms with Crippen LogP contribution in [0, 0.1) is 0 Å². The predicted molar refractivity (Wildman–Crippen MR) is 66.2 cm³/mol. The number of aromatic nitrogens is 2. The van der Waals surface area contributed by atoms with Gasteiger partial charge in [0.25, 0.3) is 0 Å². The molecule has 0 aromatic carbocycles. The standard InChI is InChI=1S/C12H18F3N3O/c1-4-6-8(3)19-10-7-9(16-5-2)17-11(18-10)12(13,14)15/h7-8H,4-6H2,1-3H3,(H,16,17,18). The van der Waals surface area contributed by atoms with E-state index in [2.05, 4.69) is 15.3 Å². The maximum atomic E-state index is 12.7. The molecule has 1 atom stereocenters. The first-order valence-corrected chi connectivity index (χ1v) is 6.23. The maximum absolute atomic E-state index is 12.7. The van der Waals surface area contributed by atoms with E-state index in [9.17, 15) is 13.2 Å². The number of alkyl halides is 3. The van der Waals surface area contributed by atoms with Crippen molar-refractivity contribution in [2.45, 2.75) is 45.9 Å². The Hall–Kier alpha value is -1.53. The Kier molecular flexibility index (Phi) is 5.38. The second-order valence-corrected chi connectivity index (χ2v) is 4.16.